The lowest BCUT2D eigenvalue weighted by Crippen LogP contribution is -2.39. The van der Waals surface area contributed by atoms with Crippen LogP contribution in [0.25, 0.3) is 5.70 Å². The second-order valence-electron chi connectivity index (χ2n) is 7.35. The minimum absolute atomic E-state index is 0.178. The molecule has 2 heterocycles. The van der Waals surface area contributed by atoms with Crippen molar-refractivity contribution in [3.8, 4) is 11.5 Å². The van der Waals surface area contributed by atoms with Crippen LogP contribution in [0.3, 0.4) is 0 Å². The number of hydrogen-bond acceptors (Lipinski definition) is 7. The summed E-state index contributed by atoms with van der Waals surface area (Å²) in [5, 5.41) is 1.45. The van der Waals surface area contributed by atoms with Gasteiger partial charge in [-0.2, -0.15) is 0 Å². The number of carbonyl (C=O) groups is 1. The monoisotopic (exact) mass is 469 g/mol. The Morgan fingerprint density at radius 1 is 1.09 bits per heavy atom. The molecule has 0 saturated carbocycles. The largest absolute Gasteiger partial charge is 0.497 e. The van der Waals surface area contributed by atoms with E-state index in [2.05, 4.69) is 10.1 Å². The first-order valence-corrected chi connectivity index (χ1v) is 11.8. The maximum Gasteiger partial charge on any atom is 0.308 e. The minimum Gasteiger partial charge on any atom is -0.497 e. The number of amides is 1. The molecule has 0 aliphatic carbocycles. The Bertz CT molecular complexity index is 1280. The molecule has 172 valence electrons. The molecule has 0 bridgehead atoms. The van der Waals surface area contributed by atoms with Gasteiger partial charge in [0.15, 0.2) is 5.76 Å². The second-order valence-corrected chi connectivity index (χ2v) is 9.10. The van der Waals surface area contributed by atoms with Crippen molar-refractivity contribution < 1.29 is 27.1 Å². The summed E-state index contributed by atoms with van der Waals surface area (Å²) in [6, 6.07) is 14.9. The Hall–Kier alpha value is -3.92. The highest BCUT2D eigenvalue weighted by atomic mass is 32.2. The molecule has 0 radical (unpaired) electrons. The van der Waals surface area contributed by atoms with Crippen LogP contribution < -0.4 is 19.6 Å². The van der Waals surface area contributed by atoms with Gasteiger partial charge in [-0.25, -0.2) is 13.4 Å². The van der Waals surface area contributed by atoms with Crippen molar-refractivity contribution in [2.75, 3.05) is 25.2 Å². The lowest BCUT2D eigenvalue weighted by Gasteiger charge is -2.26. The van der Waals surface area contributed by atoms with Crippen LogP contribution in [-0.2, 0) is 10.0 Å². The molecule has 33 heavy (non-hydrogen) atoms. The summed E-state index contributed by atoms with van der Waals surface area (Å²) in [5.74, 6) is 1.02. The normalized spacial score (nSPS) is 15.5. The van der Waals surface area contributed by atoms with Gasteiger partial charge in [-0.3, -0.25) is 14.9 Å². The van der Waals surface area contributed by atoms with E-state index < -0.39 is 16.1 Å². The van der Waals surface area contributed by atoms with Gasteiger partial charge in [-0.1, -0.05) is 12.1 Å². The number of methoxy groups -OCH3 is 2. The zero-order valence-corrected chi connectivity index (χ0v) is 19.0. The first-order chi connectivity index (χ1) is 15.8. The van der Waals surface area contributed by atoms with Gasteiger partial charge in [-0.15, -0.1) is 0 Å². The van der Waals surface area contributed by atoms with Crippen molar-refractivity contribution >= 4 is 27.3 Å². The molecule has 0 fully saturated rings. The molecule has 1 unspecified atom stereocenters. The van der Waals surface area contributed by atoms with Gasteiger partial charge >= 0.3 is 5.91 Å². The zero-order valence-electron chi connectivity index (χ0n) is 18.2. The second kappa shape index (κ2) is 8.91. The Morgan fingerprint density at radius 2 is 1.85 bits per heavy atom. The van der Waals surface area contributed by atoms with Crippen molar-refractivity contribution in [3.63, 3.8) is 0 Å². The summed E-state index contributed by atoms with van der Waals surface area (Å²) in [4.78, 5) is 13.2. The van der Waals surface area contributed by atoms with Crippen LogP contribution in [0.1, 0.15) is 27.7 Å². The quantitative estimate of drug-likeness (QED) is 0.546. The lowest BCUT2D eigenvalue weighted by atomic mass is 10.0. The number of carbonyl (C=O) groups excluding carboxylic acids is 1. The van der Waals surface area contributed by atoms with E-state index in [0.29, 0.717) is 22.9 Å². The van der Waals surface area contributed by atoms with Crippen molar-refractivity contribution in [1.82, 2.24) is 10.4 Å². The number of anilines is 1. The Labute approximate surface area is 191 Å². The van der Waals surface area contributed by atoms with E-state index in [1.54, 1.807) is 62.8 Å². The SMILES string of the molecule is COc1ccc(OC)c(C2C=C(c3ccc(NS(C)(=O)=O)cc3)NN2C(=O)c2ccco2)c1. The van der Waals surface area contributed by atoms with Crippen LogP contribution >= 0.6 is 0 Å². The summed E-state index contributed by atoms with van der Waals surface area (Å²) < 4.78 is 41.6. The average Bonchev–Trinajstić information content (AvgIpc) is 3.48. The highest BCUT2D eigenvalue weighted by molar-refractivity contribution is 7.92. The number of hydrazine groups is 1. The molecule has 1 aliphatic heterocycles. The van der Waals surface area contributed by atoms with E-state index in [-0.39, 0.29) is 11.7 Å². The molecule has 0 saturated heterocycles. The molecule has 4 rings (SSSR count). The van der Waals surface area contributed by atoms with E-state index >= 15 is 0 Å². The number of sulfonamides is 1. The van der Waals surface area contributed by atoms with Crippen molar-refractivity contribution in [2.24, 2.45) is 0 Å². The molecule has 1 aromatic heterocycles. The Kier molecular flexibility index (Phi) is 6.01. The van der Waals surface area contributed by atoms with Crippen LogP contribution in [0.15, 0.2) is 71.4 Å². The fourth-order valence-corrected chi connectivity index (χ4v) is 4.12. The average molecular weight is 470 g/mol. The van der Waals surface area contributed by atoms with Crippen LogP contribution in [0.5, 0.6) is 11.5 Å². The lowest BCUT2D eigenvalue weighted by molar-refractivity contribution is 0.0637. The van der Waals surface area contributed by atoms with Crippen LogP contribution in [0, 0.1) is 0 Å². The predicted octanol–water partition coefficient (Wildman–Crippen LogP) is 3.41. The fraction of sp³-hybridized carbons (Fsp3) is 0.174. The number of nitrogens with one attached hydrogen (secondary N) is 2. The zero-order chi connectivity index (χ0) is 23.6. The highest BCUT2D eigenvalue weighted by Crippen LogP contribution is 2.38. The number of ether oxygens (including phenoxy) is 2. The van der Waals surface area contributed by atoms with Gasteiger partial charge in [0.05, 0.1) is 32.4 Å². The number of hydrogen-bond donors (Lipinski definition) is 2. The van der Waals surface area contributed by atoms with Gasteiger partial charge in [0, 0.05) is 11.3 Å². The molecule has 1 atom stereocenters. The fourth-order valence-electron chi connectivity index (χ4n) is 3.56. The van der Waals surface area contributed by atoms with Crippen molar-refractivity contribution in [3.05, 3.63) is 83.8 Å². The molecule has 2 aromatic carbocycles. The number of furan rings is 1. The van der Waals surface area contributed by atoms with Crippen molar-refractivity contribution in [1.29, 1.82) is 0 Å². The van der Waals surface area contributed by atoms with E-state index in [1.165, 1.54) is 11.3 Å². The molecule has 10 heteroatoms. The summed E-state index contributed by atoms with van der Waals surface area (Å²) in [7, 11) is -0.256. The first-order valence-electron chi connectivity index (χ1n) is 9.95. The molecular formula is C23H23N3O6S. The molecule has 1 amide bonds. The molecule has 9 nitrogen and oxygen atoms in total. The summed E-state index contributed by atoms with van der Waals surface area (Å²) >= 11 is 0. The summed E-state index contributed by atoms with van der Waals surface area (Å²) in [6.45, 7) is 0. The highest BCUT2D eigenvalue weighted by Gasteiger charge is 2.34. The molecule has 3 aromatic rings. The number of benzene rings is 2. The standard InChI is InChI=1S/C23H23N3O6S/c1-30-17-10-11-21(31-2)18(13-17)20-14-19(24-26(20)23(27)22-5-4-12-32-22)15-6-8-16(9-7-15)25-33(3,28)29/h4-14,20,24-25H,1-3H3. The van der Waals surface area contributed by atoms with E-state index in [0.717, 1.165) is 17.4 Å². The smallest absolute Gasteiger partial charge is 0.308 e. The molecule has 2 N–H and O–H groups in total. The minimum atomic E-state index is -3.38. The third kappa shape index (κ3) is 4.80. The first kappa shape index (κ1) is 22.3. The maximum absolute atomic E-state index is 13.2. The van der Waals surface area contributed by atoms with Crippen LogP contribution in [0.4, 0.5) is 5.69 Å². The van der Waals surface area contributed by atoms with Gasteiger partial charge in [0.1, 0.15) is 17.5 Å². The predicted molar refractivity (Wildman–Crippen MR) is 123 cm³/mol. The summed E-state index contributed by atoms with van der Waals surface area (Å²) in [6.07, 6.45) is 4.41. The molecule has 1 aliphatic rings. The Morgan fingerprint density at radius 3 is 2.45 bits per heavy atom. The van der Waals surface area contributed by atoms with Crippen LogP contribution in [-0.4, -0.2) is 39.8 Å². The summed E-state index contributed by atoms with van der Waals surface area (Å²) in [5.41, 5.74) is 5.73. The third-order valence-corrected chi connectivity index (χ3v) is 5.66. The molecule has 0 spiro atoms. The van der Waals surface area contributed by atoms with Gasteiger partial charge in [0.2, 0.25) is 10.0 Å². The van der Waals surface area contributed by atoms with Gasteiger partial charge in [-0.05, 0) is 54.1 Å². The topological polar surface area (TPSA) is 110 Å². The number of rotatable bonds is 7. The molecular weight excluding hydrogens is 446 g/mol. The van der Waals surface area contributed by atoms with E-state index in [4.69, 9.17) is 13.9 Å². The third-order valence-electron chi connectivity index (χ3n) is 5.05. The number of nitrogens with zero attached hydrogens (tertiary/aromatic N) is 1. The van der Waals surface area contributed by atoms with Crippen LogP contribution in [0.2, 0.25) is 0 Å². The van der Waals surface area contributed by atoms with Gasteiger partial charge in [0.25, 0.3) is 0 Å². The van der Waals surface area contributed by atoms with Crippen molar-refractivity contribution in [2.45, 2.75) is 6.04 Å². The van der Waals surface area contributed by atoms with Gasteiger partial charge < -0.3 is 13.9 Å². The van der Waals surface area contributed by atoms with E-state index in [9.17, 15) is 13.2 Å². The van der Waals surface area contributed by atoms with E-state index in [1.807, 2.05) is 12.1 Å². The Balaban J connectivity index is 1.73. The maximum atomic E-state index is 13.2.